The Hall–Kier alpha value is -2.38. The minimum Gasteiger partial charge on any atom is -0.369 e. The van der Waals surface area contributed by atoms with Gasteiger partial charge in [-0.3, -0.25) is 4.79 Å². The van der Waals surface area contributed by atoms with Gasteiger partial charge in [0, 0.05) is 38.3 Å². The Morgan fingerprint density at radius 1 is 1.04 bits per heavy atom. The summed E-state index contributed by atoms with van der Waals surface area (Å²) in [5, 5.41) is 2.82. The van der Waals surface area contributed by atoms with Crippen LogP contribution in [0.4, 0.5) is 11.4 Å². The van der Waals surface area contributed by atoms with Crippen LogP contribution < -0.4 is 10.2 Å². The van der Waals surface area contributed by atoms with Gasteiger partial charge in [-0.05, 0) is 43.8 Å². The summed E-state index contributed by atoms with van der Waals surface area (Å²) in [6, 6.07) is 13.5. The highest BCUT2D eigenvalue weighted by Crippen LogP contribution is 2.32. The number of carbonyl (C=O) groups excluding carboxylic acids is 1. The van der Waals surface area contributed by atoms with Gasteiger partial charge in [0.2, 0.25) is 15.7 Å². The highest BCUT2D eigenvalue weighted by atomic mass is 32.2. The molecular formula is C21H27N3O3S. The van der Waals surface area contributed by atoms with Crippen LogP contribution in [-0.2, 0) is 14.6 Å². The standard InChI is InChI=1S/C21H27N3O3S/c1-3-7-21(25)22-19-16-17(24-14-12-23(2)13-15-24)10-11-20(19)28(26,27)18-8-5-4-6-9-18/h4-6,8-11,16H,3,7,12-15H2,1-2H3,(H,22,25). The first-order valence-corrected chi connectivity index (χ1v) is 11.1. The molecule has 7 heteroatoms. The van der Waals surface area contributed by atoms with Crippen molar-refractivity contribution in [2.75, 3.05) is 43.4 Å². The van der Waals surface area contributed by atoms with Gasteiger partial charge in [-0.1, -0.05) is 25.1 Å². The molecule has 1 N–H and O–H groups in total. The fraction of sp³-hybridized carbons (Fsp3) is 0.381. The first-order valence-electron chi connectivity index (χ1n) is 9.59. The number of anilines is 2. The van der Waals surface area contributed by atoms with Gasteiger partial charge in [-0.2, -0.15) is 0 Å². The van der Waals surface area contributed by atoms with E-state index in [-0.39, 0.29) is 15.7 Å². The zero-order valence-corrected chi connectivity index (χ0v) is 17.2. The number of piperazine rings is 1. The molecule has 0 aromatic heterocycles. The molecule has 0 radical (unpaired) electrons. The lowest BCUT2D eigenvalue weighted by molar-refractivity contribution is -0.116. The summed E-state index contributed by atoms with van der Waals surface area (Å²) in [5.74, 6) is -0.178. The third-order valence-corrected chi connectivity index (χ3v) is 6.75. The van der Waals surface area contributed by atoms with Gasteiger partial charge in [0.05, 0.1) is 15.5 Å². The summed E-state index contributed by atoms with van der Waals surface area (Å²) in [6.45, 7) is 5.54. The van der Waals surface area contributed by atoms with E-state index in [2.05, 4.69) is 22.2 Å². The number of likely N-dealkylation sites (N-methyl/N-ethyl adjacent to an activating group) is 1. The van der Waals surface area contributed by atoms with Crippen LogP contribution in [-0.4, -0.2) is 52.5 Å². The molecule has 1 saturated heterocycles. The average molecular weight is 402 g/mol. The fourth-order valence-electron chi connectivity index (χ4n) is 3.28. The monoisotopic (exact) mass is 401 g/mol. The summed E-state index contributed by atoms with van der Waals surface area (Å²) in [4.78, 5) is 17.0. The molecule has 0 atom stereocenters. The van der Waals surface area contributed by atoms with Crippen molar-refractivity contribution in [2.45, 2.75) is 29.6 Å². The predicted octanol–water partition coefficient (Wildman–Crippen LogP) is 3.01. The van der Waals surface area contributed by atoms with Crippen molar-refractivity contribution in [3.8, 4) is 0 Å². The Bertz CT molecular complexity index is 921. The second-order valence-corrected chi connectivity index (χ2v) is 9.00. The molecule has 1 fully saturated rings. The van der Waals surface area contributed by atoms with Crippen LogP contribution in [0.25, 0.3) is 0 Å². The minimum absolute atomic E-state index is 0.126. The number of benzene rings is 2. The van der Waals surface area contributed by atoms with Gasteiger partial charge in [0.15, 0.2) is 0 Å². The van der Waals surface area contributed by atoms with E-state index in [0.29, 0.717) is 18.5 Å². The Kier molecular flexibility index (Phi) is 6.36. The highest BCUT2D eigenvalue weighted by molar-refractivity contribution is 7.91. The van der Waals surface area contributed by atoms with Crippen molar-refractivity contribution in [3.63, 3.8) is 0 Å². The molecule has 6 nitrogen and oxygen atoms in total. The van der Waals surface area contributed by atoms with Crippen molar-refractivity contribution < 1.29 is 13.2 Å². The quantitative estimate of drug-likeness (QED) is 0.806. The molecule has 1 amide bonds. The predicted molar refractivity (Wildman–Crippen MR) is 112 cm³/mol. The van der Waals surface area contributed by atoms with Gasteiger partial charge in [0.25, 0.3) is 0 Å². The first-order chi connectivity index (χ1) is 13.4. The van der Waals surface area contributed by atoms with Crippen LogP contribution in [0.2, 0.25) is 0 Å². The highest BCUT2D eigenvalue weighted by Gasteiger charge is 2.24. The van der Waals surface area contributed by atoms with Crippen LogP contribution in [0.15, 0.2) is 58.3 Å². The number of sulfone groups is 1. The molecular weight excluding hydrogens is 374 g/mol. The number of nitrogens with one attached hydrogen (secondary N) is 1. The van der Waals surface area contributed by atoms with E-state index in [1.807, 2.05) is 13.0 Å². The van der Waals surface area contributed by atoms with Crippen molar-refractivity contribution in [3.05, 3.63) is 48.5 Å². The van der Waals surface area contributed by atoms with Crippen LogP contribution >= 0.6 is 0 Å². The summed E-state index contributed by atoms with van der Waals surface area (Å²) in [7, 11) is -1.64. The third kappa shape index (κ3) is 4.54. The second-order valence-electron chi connectivity index (χ2n) is 7.09. The van der Waals surface area contributed by atoms with Crippen LogP contribution in [0.1, 0.15) is 19.8 Å². The first kappa shape index (κ1) is 20.4. The van der Waals surface area contributed by atoms with Gasteiger partial charge >= 0.3 is 0 Å². The molecule has 3 rings (SSSR count). The lowest BCUT2D eigenvalue weighted by Gasteiger charge is -2.34. The van der Waals surface area contributed by atoms with Crippen LogP contribution in [0.5, 0.6) is 0 Å². The average Bonchev–Trinajstić information content (AvgIpc) is 2.69. The van der Waals surface area contributed by atoms with Gasteiger partial charge in [-0.15, -0.1) is 0 Å². The molecule has 1 heterocycles. The van der Waals surface area contributed by atoms with E-state index in [1.54, 1.807) is 42.5 Å². The van der Waals surface area contributed by atoms with Crippen LogP contribution in [0, 0.1) is 0 Å². The van der Waals surface area contributed by atoms with Crippen molar-refractivity contribution >= 4 is 27.1 Å². The van der Waals surface area contributed by atoms with E-state index in [9.17, 15) is 13.2 Å². The molecule has 0 bridgehead atoms. The number of carbonyl (C=O) groups is 1. The Balaban J connectivity index is 2.00. The van der Waals surface area contributed by atoms with E-state index in [1.165, 1.54) is 0 Å². The number of amides is 1. The zero-order valence-electron chi connectivity index (χ0n) is 16.4. The molecule has 0 aliphatic carbocycles. The number of hydrogen-bond donors (Lipinski definition) is 1. The normalized spacial score (nSPS) is 15.4. The molecule has 0 saturated carbocycles. The molecule has 2 aromatic rings. The Labute approximate surface area is 167 Å². The van der Waals surface area contributed by atoms with Crippen molar-refractivity contribution in [2.24, 2.45) is 0 Å². The zero-order chi connectivity index (χ0) is 20.1. The second kappa shape index (κ2) is 8.75. The molecule has 28 heavy (non-hydrogen) atoms. The number of rotatable bonds is 6. The maximum Gasteiger partial charge on any atom is 0.224 e. The molecule has 150 valence electrons. The molecule has 0 unspecified atom stereocenters. The van der Waals surface area contributed by atoms with E-state index in [4.69, 9.17) is 0 Å². The summed E-state index contributed by atoms with van der Waals surface area (Å²) in [5.41, 5.74) is 1.27. The number of nitrogens with zero attached hydrogens (tertiary/aromatic N) is 2. The minimum atomic E-state index is -3.73. The third-order valence-electron chi connectivity index (χ3n) is 4.93. The lowest BCUT2D eigenvalue weighted by atomic mass is 10.2. The molecule has 0 spiro atoms. The fourth-order valence-corrected chi connectivity index (χ4v) is 4.69. The maximum absolute atomic E-state index is 13.2. The maximum atomic E-state index is 13.2. The number of hydrogen-bond acceptors (Lipinski definition) is 5. The van der Waals surface area contributed by atoms with E-state index < -0.39 is 9.84 Å². The lowest BCUT2D eigenvalue weighted by Crippen LogP contribution is -2.44. The molecule has 1 aliphatic heterocycles. The SMILES string of the molecule is CCCC(=O)Nc1cc(N2CCN(C)CC2)ccc1S(=O)(=O)c1ccccc1. The van der Waals surface area contributed by atoms with Crippen molar-refractivity contribution in [1.29, 1.82) is 0 Å². The Morgan fingerprint density at radius 2 is 1.71 bits per heavy atom. The molecule has 1 aliphatic rings. The van der Waals surface area contributed by atoms with Gasteiger partial charge < -0.3 is 15.1 Å². The van der Waals surface area contributed by atoms with Gasteiger partial charge in [0.1, 0.15) is 0 Å². The van der Waals surface area contributed by atoms with E-state index in [0.717, 1.165) is 31.9 Å². The summed E-state index contributed by atoms with van der Waals surface area (Å²) >= 11 is 0. The van der Waals surface area contributed by atoms with Crippen molar-refractivity contribution in [1.82, 2.24) is 4.90 Å². The van der Waals surface area contributed by atoms with Crippen LogP contribution in [0.3, 0.4) is 0 Å². The van der Waals surface area contributed by atoms with Gasteiger partial charge in [-0.25, -0.2) is 8.42 Å². The molecule has 2 aromatic carbocycles. The van der Waals surface area contributed by atoms with E-state index >= 15 is 0 Å². The summed E-state index contributed by atoms with van der Waals surface area (Å²) in [6.07, 6.45) is 1.05. The summed E-state index contributed by atoms with van der Waals surface area (Å²) < 4.78 is 26.3. The topological polar surface area (TPSA) is 69.7 Å². The largest absolute Gasteiger partial charge is 0.369 e. The smallest absolute Gasteiger partial charge is 0.224 e. The Morgan fingerprint density at radius 3 is 2.36 bits per heavy atom.